The number of rotatable bonds is 5. The maximum Gasteiger partial charge on any atom is 0.226 e. The Balaban J connectivity index is 1.36. The molecule has 1 atom stereocenters. The molecule has 2 fully saturated rings. The van der Waals surface area contributed by atoms with Crippen LogP contribution in [0.3, 0.4) is 0 Å². The molecule has 0 aliphatic carbocycles. The first-order valence-electron chi connectivity index (χ1n) is 9.89. The van der Waals surface area contributed by atoms with E-state index in [-0.39, 0.29) is 23.6 Å². The van der Waals surface area contributed by atoms with Crippen LogP contribution in [0.1, 0.15) is 42.9 Å². The Hall–Kier alpha value is -1.70. The monoisotopic (exact) mass is 418 g/mol. The molecule has 2 saturated heterocycles. The number of sulfonamides is 1. The zero-order valence-corrected chi connectivity index (χ0v) is 17.5. The van der Waals surface area contributed by atoms with Gasteiger partial charge >= 0.3 is 0 Å². The molecule has 3 heterocycles. The van der Waals surface area contributed by atoms with Crippen molar-refractivity contribution in [1.82, 2.24) is 9.21 Å². The van der Waals surface area contributed by atoms with Gasteiger partial charge in [0, 0.05) is 25.6 Å². The molecule has 150 valence electrons. The van der Waals surface area contributed by atoms with Crippen molar-refractivity contribution in [2.45, 2.75) is 37.5 Å². The Bertz CT molecular complexity index is 889. The number of carbonyl (C=O) groups is 1. The van der Waals surface area contributed by atoms with Crippen LogP contribution in [0.15, 0.2) is 47.2 Å². The van der Waals surface area contributed by atoms with Gasteiger partial charge in [-0.3, -0.25) is 4.79 Å². The van der Waals surface area contributed by atoms with Gasteiger partial charge in [0.1, 0.15) is 0 Å². The number of benzene rings is 1. The highest BCUT2D eigenvalue weighted by molar-refractivity contribution is 7.88. The normalized spacial score (nSPS) is 21.9. The largest absolute Gasteiger partial charge is 0.335 e. The Kier molecular flexibility index (Phi) is 5.85. The first kappa shape index (κ1) is 19.6. The van der Waals surface area contributed by atoms with Crippen LogP contribution in [0.4, 0.5) is 0 Å². The lowest BCUT2D eigenvalue weighted by Crippen LogP contribution is -2.44. The minimum atomic E-state index is -3.34. The molecule has 1 aromatic carbocycles. The Morgan fingerprint density at radius 2 is 1.79 bits per heavy atom. The standard InChI is InChI=1S/C21H26N2O3S2/c24-21(23-11-4-7-20(23)19-10-14-27-15-19)18-8-12-22(13-9-18)28(25,26)16-17-5-2-1-3-6-17/h1-3,5-6,10,14-15,18,20H,4,7-9,11-13,16H2. The molecule has 2 aromatic rings. The Morgan fingerprint density at radius 1 is 1.04 bits per heavy atom. The van der Waals surface area contributed by atoms with Crippen molar-refractivity contribution >= 4 is 27.3 Å². The van der Waals surface area contributed by atoms with E-state index >= 15 is 0 Å². The van der Waals surface area contributed by atoms with Crippen molar-refractivity contribution in [1.29, 1.82) is 0 Å². The second-order valence-corrected chi connectivity index (χ2v) is 10.4. The number of hydrogen-bond donors (Lipinski definition) is 0. The molecule has 2 aliphatic rings. The molecule has 5 nitrogen and oxygen atoms in total. The summed E-state index contributed by atoms with van der Waals surface area (Å²) < 4.78 is 27.0. The molecule has 0 spiro atoms. The highest BCUT2D eigenvalue weighted by Gasteiger charge is 2.37. The number of likely N-dealkylation sites (tertiary alicyclic amines) is 1. The van der Waals surface area contributed by atoms with Crippen LogP contribution in [0.2, 0.25) is 0 Å². The number of carbonyl (C=O) groups excluding carboxylic acids is 1. The third-order valence-corrected chi connectivity index (χ3v) is 8.40. The summed E-state index contributed by atoms with van der Waals surface area (Å²) in [5, 5.41) is 4.20. The molecule has 28 heavy (non-hydrogen) atoms. The summed E-state index contributed by atoms with van der Waals surface area (Å²) in [4.78, 5) is 15.1. The third-order valence-electron chi connectivity index (χ3n) is 5.85. The lowest BCUT2D eigenvalue weighted by molar-refractivity contribution is -0.137. The SMILES string of the molecule is O=C(C1CCN(S(=O)(=O)Cc2ccccc2)CC1)N1CCCC1c1ccsc1. The van der Waals surface area contributed by atoms with Crippen molar-refractivity contribution < 1.29 is 13.2 Å². The fourth-order valence-corrected chi connectivity index (χ4v) is 6.60. The number of amides is 1. The summed E-state index contributed by atoms with van der Waals surface area (Å²) in [6, 6.07) is 11.6. The van der Waals surface area contributed by atoms with Crippen LogP contribution in [-0.2, 0) is 20.6 Å². The topological polar surface area (TPSA) is 57.7 Å². The third kappa shape index (κ3) is 4.16. The highest BCUT2D eigenvalue weighted by atomic mass is 32.2. The van der Waals surface area contributed by atoms with Gasteiger partial charge in [0.15, 0.2) is 0 Å². The zero-order chi connectivity index (χ0) is 19.6. The van der Waals surface area contributed by atoms with E-state index in [1.807, 2.05) is 35.2 Å². The highest BCUT2D eigenvalue weighted by Crippen LogP contribution is 2.35. The van der Waals surface area contributed by atoms with Crippen LogP contribution in [0.5, 0.6) is 0 Å². The van der Waals surface area contributed by atoms with Crippen molar-refractivity contribution in [2.24, 2.45) is 5.92 Å². The molecule has 0 saturated carbocycles. The predicted molar refractivity (Wildman–Crippen MR) is 111 cm³/mol. The van der Waals surface area contributed by atoms with Gasteiger partial charge < -0.3 is 4.90 Å². The Labute approximate surface area is 171 Å². The summed E-state index contributed by atoms with van der Waals surface area (Å²) >= 11 is 1.67. The molecule has 4 rings (SSSR count). The van der Waals surface area contributed by atoms with Crippen molar-refractivity contribution in [2.75, 3.05) is 19.6 Å². The molecule has 1 unspecified atom stereocenters. The second-order valence-electron chi connectivity index (χ2n) is 7.66. The van der Waals surface area contributed by atoms with Gasteiger partial charge in [-0.15, -0.1) is 0 Å². The molecule has 1 aromatic heterocycles. The van der Waals surface area contributed by atoms with E-state index in [9.17, 15) is 13.2 Å². The van der Waals surface area contributed by atoms with Crippen molar-refractivity contribution in [3.05, 3.63) is 58.3 Å². The van der Waals surface area contributed by atoms with E-state index in [1.165, 1.54) is 5.56 Å². The maximum absolute atomic E-state index is 13.1. The number of nitrogens with zero attached hydrogens (tertiary/aromatic N) is 2. The minimum Gasteiger partial charge on any atom is -0.335 e. The quantitative estimate of drug-likeness (QED) is 0.745. The molecular weight excluding hydrogens is 392 g/mol. The molecule has 0 radical (unpaired) electrons. The summed E-state index contributed by atoms with van der Waals surface area (Å²) in [7, 11) is -3.34. The minimum absolute atomic E-state index is 0.0266. The molecule has 0 N–H and O–H groups in total. The first-order valence-corrected chi connectivity index (χ1v) is 12.4. The van der Waals surface area contributed by atoms with Crippen LogP contribution in [0.25, 0.3) is 0 Å². The zero-order valence-electron chi connectivity index (χ0n) is 15.9. The molecule has 7 heteroatoms. The van der Waals surface area contributed by atoms with E-state index in [2.05, 4.69) is 16.8 Å². The molecule has 0 bridgehead atoms. The molecule has 1 amide bonds. The van der Waals surface area contributed by atoms with Gasteiger partial charge in [0.2, 0.25) is 15.9 Å². The predicted octanol–water partition coefficient (Wildman–Crippen LogP) is 3.65. The van der Waals surface area contributed by atoms with Crippen LogP contribution < -0.4 is 0 Å². The molecular formula is C21H26N2O3S2. The fourth-order valence-electron chi connectivity index (χ4n) is 4.33. The number of hydrogen-bond acceptors (Lipinski definition) is 4. The van der Waals surface area contributed by atoms with Crippen LogP contribution >= 0.6 is 11.3 Å². The van der Waals surface area contributed by atoms with E-state index in [0.717, 1.165) is 24.9 Å². The maximum atomic E-state index is 13.1. The van der Waals surface area contributed by atoms with Gasteiger partial charge in [-0.05, 0) is 53.6 Å². The van der Waals surface area contributed by atoms with Gasteiger partial charge in [0.25, 0.3) is 0 Å². The average Bonchev–Trinajstić information content (AvgIpc) is 3.39. The van der Waals surface area contributed by atoms with Gasteiger partial charge in [-0.2, -0.15) is 11.3 Å². The molecule has 2 aliphatic heterocycles. The van der Waals surface area contributed by atoms with Gasteiger partial charge in [0.05, 0.1) is 11.8 Å². The lowest BCUT2D eigenvalue weighted by Gasteiger charge is -2.34. The van der Waals surface area contributed by atoms with E-state index in [4.69, 9.17) is 0 Å². The first-order chi connectivity index (χ1) is 13.5. The van der Waals surface area contributed by atoms with Gasteiger partial charge in [-0.1, -0.05) is 30.3 Å². The summed E-state index contributed by atoms with van der Waals surface area (Å²) in [5.74, 6) is 0.162. The van der Waals surface area contributed by atoms with E-state index in [0.29, 0.717) is 25.9 Å². The number of thiophene rings is 1. The smallest absolute Gasteiger partial charge is 0.226 e. The Morgan fingerprint density at radius 3 is 2.46 bits per heavy atom. The fraction of sp³-hybridized carbons (Fsp3) is 0.476. The van der Waals surface area contributed by atoms with Crippen LogP contribution in [0, 0.1) is 5.92 Å². The second kappa shape index (κ2) is 8.35. The van der Waals surface area contributed by atoms with E-state index < -0.39 is 10.0 Å². The average molecular weight is 419 g/mol. The summed E-state index contributed by atoms with van der Waals surface area (Å²) in [6.45, 7) is 1.68. The van der Waals surface area contributed by atoms with Gasteiger partial charge in [-0.25, -0.2) is 12.7 Å². The van der Waals surface area contributed by atoms with Crippen molar-refractivity contribution in [3.8, 4) is 0 Å². The number of piperidine rings is 1. The lowest BCUT2D eigenvalue weighted by atomic mass is 9.95. The summed E-state index contributed by atoms with van der Waals surface area (Å²) in [5.41, 5.74) is 2.04. The summed E-state index contributed by atoms with van der Waals surface area (Å²) in [6.07, 6.45) is 3.28. The van der Waals surface area contributed by atoms with Crippen molar-refractivity contribution in [3.63, 3.8) is 0 Å². The van der Waals surface area contributed by atoms with Crippen LogP contribution in [-0.4, -0.2) is 43.2 Å². The van der Waals surface area contributed by atoms with E-state index in [1.54, 1.807) is 15.6 Å².